The van der Waals surface area contributed by atoms with E-state index in [1.807, 2.05) is 0 Å². The van der Waals surface area contributed by atoms with Gasteiger partial charge < -0.3 is 4.74 Å². The van der Waals surface area contributed by atoms with Gasteiger partial charge in [-0.1, -0.05) is 12.2 Å². The molecule has 90 valence electrons. The highest BCUT2D eigenvalue weighted by Gasteiger charge is 2.11. The molecule has 0 aliphatic rings. The Morgan fingerprint density at radius 2 is 2.29 bits per heavy atom. The van der Waals surface area contributed by atoms with Crippen LogP contribution in [0.1, 0.15) is 12.0 Å². The zero-order valence-electron chi connectivity index (χ0n) is 9.05. The number of carbonyl (C=O) groups is 1. The molecule has 0 aliphatic heterocycles. The number of hydrogen-bond donors (Lipinski definition) is 0. The van der Waals surface area contributed by atoms with Gasteiger partial charge >= 0.3 is 5.97 Å². The van der Waals surface area contributed by atoms with Crippen LogP contribution >= 0.6 is 0 Å². The lowest BCUT2D eigenvalue weighted by molar-refractivity contribution is -0.385. The molecule has 0 radical (unpaired) electrons. The number of rotatable bonds is 4. The molecule has 1 rings (SSSR count). The molecule has 0 bridgehead atoms. The molecule has 0 spiro atoms. The third-order valence-electron chi connectivity index (χ3n) is 2.00. The van der Waals surface area contributed by atoms with E-state index in [-0.39, 0.29) is 17.7 Å². The Bertz CT molecular complexity index is 471. The first kappa shape index (κ1) is 12.8. The fourth-order valence-corrected chi connectivity index (χ4v) is 1.19. The topological polar surface area (TPSA) is 69.4 Å². The summed E-state index contributed by atoms with van der Waals surface area (Å²) in [6, 6.07) is 3.12. The second-order valence-electron chi connectivity index (χ2n) is 3.14. The van der Waals surface area contributed by atoms with Crippen LogP contribution in [0.15, 0.2) is 24.3 Å². The fraction of sp³-hybridized carbons (Fsp3) is 0.182. The Kier molecular flexibility index (Phi) is 4.33. The van der Waals surface area contributed by atoms with E-state index in [0.29, 0.717) is 0 Å². The Labute approximate surface area is 96.7 Å². The first-order valence-corrected chi connectivity index (χ1v) is 4.72. The Morgan fingerprint density at radius 1 is 1.59 bits per heavy atom. The number of methoxy groups -OCH3 is 1. The van der Waals surface area contributed by atoms with E-state index in [1.165, 1.54) is 19.3 Å². The lowest BCUT2D eigenvalue weighted by Gasteiger charge is -1.97. The van der Waals surface area contributed by atoms with Crippen LogP contribution in [0.2, 0.25) is 0 Å². The number of benzene rings is 1. The van der Waals surface area contributed by atoms with Crippen molar-refractivity contribution in [2.45, 2.75) is 6.42 Å². The van der Waals surface area contributed by atoms with E-state index in [4.69, 9.17) is 0 Å². The summed E-state index contributed by atoms with van der Waals surface area (Å²) in [7, 11) is 1.24. The molecule has 0 unspecified atom stereocenters. The molecule has 0 heterocycles. The Balaban J connectivity index is 2.92. The van der Waals surface area contributed by atoms with Gasteiger partial charge in [0.1, 0.15) is 5.82 Å². The maximum absolute atomic E-state index is 12.9. The summed E-state index contributed by atoms with van der Waals surface area (Å²) in [5, 5.41) is 10.6. The average Bonchev–Trinajstić information content (AvgIpc) is 2.28. The van der Waals surface area contributed by atoms with Crippen molar-refractivity contribution in [3.8, 4) is 0 Å². The summed E-state index contributed by atoms with van der Waals surface area (Å²) in [4.78, 5) is 20.8. The second-order valence-corrected chi connectivity index (χ2v) is 3.14. The lowest BCUT2D eigenvalue weighted by atomic mass is 10.1. The predicted octanol–water partition coefficient (Wildman–Crippen LogP) is 2.31. The van der Waals surface area contributed by atoms with Gasteiger partial charge in [0.25, 0.3) is 5.69 Å². The van der Waals surface area contributed by atoms with Gasteiger partial charge in [-0.15, -0.1) is 0 Å². The normalized spacial score (nSPS) is 10.5. The standard InChI is InChI=1S/C11H10FNO4/c1-17-11(14)4-2-3-8-7-9(12)5-6-10(8)13(15)16/h2-3,5-7H,4H2,1H3. The molecule has 0 atom stereocenters. The van der Waals surface area contributed by atoms with Crippen LogP contribution in [0.3, 0.4) is 0 Å². The molecule has 0 aromatic heterocycles. The van der Waals surface area contributed by atoms with Gasteiger partial charge in [-0.2, -0.15) is 0 Å². The van der Waals surface area contributed by atoms with E-state index in [2.05, 4.69) is 4.74 Å². The largest absolute Gasteiger partial charge is 0.469 e. The quantitative estimate of drug-likeness (QED) is 0.459. The van der Waals surface area contributed by atoms with Crippen molar-refractivity contribution in [1.82, 2.24) is 0 Å². The molecule has 5 nitrogen and oxygen atoms in total. The minimum Gasteiger partial charge on any atom is -0.469 e. The van der Waals surface area contributed by atoms with Crippen LogP contribution < -0.4 is 0 Å². The zero-order valence-corrected chi connectivity index (χ0v) is 9.05. The molecule has 6 heteroatoms. The van der Waals surface area contributed by atoms with Crippen LogP contribution in [0.5, 0.6) is 0 Å². The number of ether oxygens (including phenoxy) is 1. The highest BCUT2D eigenvalue weighted by molar-refractivity contribution is 5.73. The molecule has 1 aromatic rings. The van der Waals surface area contributed by atoms with Crippen molar-refractivity contribution < 1.29 is 18.8 Å². The lowest BCUT2D eigenvalue weighted by Crippen LogP contribution is -1.97. The smallest absolute Gasteiger partial charge is 0.309 e. The summed E-state index contributed by atoms with van der Waals surface area (Å²) in [5.74, 6) is -1.05. The third-order valence-corrected chi connectivity index (χ3v) is 2.00. The van der Waals surface area contributed by atoms with E-state index >= 15 is 0 Å². The Hall–Kier alpha value is -2.24. The number of nitro benzene ring substituents is 1. The van der Waals surface area contributed by atoms with Gasteiger partial charge in [0, 0.05) is 6.07 Å². The van der Waals surface area contributed by atoms with Gasteiger partial charge in [0.2, 0.25) is 0 Å². The molecule has 0 fully saturated rings. The first-order valence-electron chi connectivity index (χ1n) is 4.72. The molecule has 17 heavy (non-hydrogen) atoms. The molecule has 1 aromatic carbocycles. The van der Waals surface area contributed by atoms with Gasteiger partial charge in [-0.05, 0) is 12.1 Å². The Morgan fingerprint density at radius 3 is 2.88 bits per heavy atom. The number of nitro groups is 1. The molecule has 0 saturated heterocycles. The minimum atomic E-state index is -0.614. The van der Waals surface area contributed by atoms with Crippen LogP contribution in [0, 0.1) is 15.9 Å². The third kappa shape index (κ3) is 3.67. The van der Waals surface area contributed by atoms with Gasteiger partial charge in [-0.3, -0.25) is 14.9 Å². The summed E-state index contributed by atoms with van der Waals surface area (Å²) < 4.78 is 17.3. The maximum Gasteiger partial charge on any atom is 0.309 e. The van der Waals surface area contributed by atoms with Crippen molar-refractivity contribution in [2.75, 3.05) is 7.11 Å². The molecule has 0 saturated carbocycles. The first-order chi connectivity index (χ1) is 8.04. The van der Waals surface area contributed by atoms with Crippen molar-refractivity contribution >= 4 is 17.7 Å². The van der Waals surface area contributed by atoms with Crippen molar-refractivity contribution in [3.05, 3.63) is 45.8 Å². The van der Waals surface area contributed by atoms with E-state index < -0.39 is 16.7 Å². The van der Waals surface area contributed by atoms with Gasteiger partial charge in [-0.25, -0.2) is 4.39 Å². The highest BCUT2D eigenvalue weighted by Crippen LogP contribution is 2.20. The van der Waals surface area contributed by atoms with Crippen molar-refractivity contribution in [3.63, 3.8) is 0 Å². The molecular weight excluding hydrogens is 229 g/mol. The number of halogens is 1. The highest BCUT2D eigenvalue weighted by atomic mass is 19.1. The molecule has 0 amide bonds. The number of carbonyl (C=O) groups excluding carboxylic acids is 1. The maximum atomic E-state index is 12.9. The summed E-state index contributed by atoms with van der Waals surface area (Å²) in [6.45, 7) is 0. The predicted molar refractivity (Wildman–Crippen MR) is 58.7 cm³/mol. The molecular formula is C11H10FNO4. The van der Waals surface area contributed by atoms with E-state index in [1.54, 1.807) is 0 Å². The minimum absolute atomic E-state index is 0.0236. The average molecular weight is 239 g/mol. The monoisotopic (exact) mass is 239 g/mol. The molecule has 0 N–H and O–H groups in total. The van der Waals surface area contributed by atoms with E-state index in [0.717, 1.165) is 18.2 Å². The van der Waals surface area contributed by atoms with Crippen LogP contribution in [-0.4, -0.2) is 18.0 Å². The van der Waals surface area contributed by atoms with E-state index in [9.17, 15) is 19.3 Å². The van der Waals surface area contributed by atoms with Crippen molar-refractivity contribution in [1.29, 1.82) is 0 Å². The van der Waals surface area contributed by atoms with Crippen LogP contribution in [0.25, 0.3) is 6.08 Å². The molecule has 0 aliphatic carbocycles. The van der Waals surface area contributed by atoms with Crippen LogP contribution in [-0.2, 0) is 9.53 Å². The SMILES string of the molecule is COC(=O)CC=Cc1cc(F)ccc1[N+](=O)[O-]. The fourth-order valence-electron chi connectivity index (χ4n) is 1.19. The summed E-state index contributed by atoms with van der Waals surface area (Å²) >= 11 is 0. The van der Waals surface area contributed by atoms with Crippen molar-refractivity contribution in [2.24, 2.45) is 0 Å². The van der Waals surface area contributed by atoms with Gasteiger partial charge in [0.15, 0.2) is 0 Å². The summed E-state index contributed by atoms with van der Waals surface area (Å²) in [5.41, 5.74) is -0.105. The number of nitrogens with zero attached hydrogens (tertiary/aromatic N) is 1. The number of hydrogen-bond acceptors (Lipinski definition) is 4. The second kappa shape index (κ2) is 5.74. The zero-order chi connectivity index (χ0) is 12.8. The van der Waals surface area contributed by atoms with Crippen LogP contribution in [0.4, 0.5) is 10.1 Å². The summed E-state index contributed by atoms with van der Waals surface area (Å²) in [6.07, 6.45) is 2.68. The number of esters is 1. The van der Waals surface area contributed by atoms with Gasteiger partial charge in [0.05, 0.1) is 24.0 Å².